The van der Waals surface area contributed by atoms with Gasteiger partial charge in [-0.05, 0) is 28.9 Å². The van der Waals surface area contributed by atoms with Gasteiger partial charge in [-0.3, -0.25) is 10.1 Å². The quantitative estimate of drug-likeness (QED) is 0.686. The molecule has 5 nitrogen and oxygen atoms in total. The molecule has 1 heterocycles. The molecule has 0 bridgehead atoms. The molecule has 0 unspecified atom stereocenters. The summed E-state index contributed by atoms with van der Waals surface area (Å²) in [5.74, 6) is 0. The highest BCUT2D eigenvalue weighted by molar-refractivity contribution is 9.10. The number of nitro benzene ring substituents is 1. The number of nitro groups is 1. The van der Waals surface area contributed by atoms with Gasteiger partial charge in [-0.15, -0.1) is 11.3 Å². The molecule has 2 rings (SSSR count). The summed E-state index contributed by atoms with van der Waals surface area (Å²) in [6.45, 7) is 2.55. The Bertz CT molecular complexity index is 585. The number of nitrogens with zero attached hydrogens (tertiary/aromatic N) is 2. The number of hydrogen-bond acceptors (Lipinski definition) is 5. The number of hydrogen-bond donors (Lipinski definition) is 1. The molecule has 0 aliphatic rings. The van der Waals surface area contributed by atoms with Gasteiger partial charge in [0.15, 0.2) is 0 Å². The summed E-state index contributed by atoms with van der Waals surface area (Å²) in [4.78, 5) is 15.6. The van der Waals surface area contributed by atoms with Crippen LogP contribution in [0.5, 0.6) is 0 Å². The molecule has 1 aromatic heterocycles. The van der Waals surface area contributed by atoms with Crippen molar-refractivity contribution in [1.82, 2.24) is 4.98 Å². The van der Waals surface area contributed by atoms with E-state index >= 15 is 0 Å². The normalized spacial score (nSPS) is 10.3. The van der Waals surface area contributed by atoms with Gasteiger partial charge < -0.3 is 5.32 Å². The molecule has 0 radical (unpaired) electrons. The summed E-state index contributed by atoms with van der Waals surface area (Å²) in [5, 5.41) is 13.9. The fourth-order valence-corrected chi connectivity index (χ4v) is 2.54. The maximum atomic E-state index is 10.7. The van der Waals surface area contributed by atoms with Crippen molar-refractivity contribution in [3.05, 3.63) is 48.9 Å². The number of nitrogens with one attached hydrogen (secondary N) is 1. The summed E-state index contributed by atoms with van der Waals surface area (Å²) in [5.41, 5.74) is 3.54. The lowest BCUT2D eigenvalue weighted by Gasteiger charge is -2.07. The molecular formula is C11H10BrN3O2S. The van der Waals surface area contributed by atoms with Crippen molar-refractivity contribution in [3.8, 4) is 0 Å². The van der Waals surface area contributed by atoms with E-state index in [9.17, 15) is 10.1 Å². The van der Waals surface area contributed by atoms with Crippen LogP contribution in [0.4, 0.5) is 11.4 Å². The first-order valence-electron chi connectivity index (χ1n) is 5.14. The predicted octanol–water partition coefficient (Wildman–Crippen LogP) is 3.73. The van der Waals surface area contributed by atoms with Crippen LogP contribution >= 0.6 is 27.3 Å². The minimum absolute atomic E-state index is 0.0710. The Kier molecular flexibility index (Phi) is 3.93. The zero-order valence-electron chi connectivity index (χ0n) is 9.51. The van der Waals surface area contributed by atoms with Gasteiger partial charge in [0.05, 0.1) is 28.4 Å². The van der Waals surface area contributed by atoms with E-state index in [1.165, 1.54) is 12.1 Å². The number of benzene rings is 1. The van der Waals surface area contributed by atoms with E-state index in [0.29, 0.717) is 12.2 Å². The van der Waals surface area contributed by atoms with Crippen LogP contribution in [0.2, 0.25) is 0 Å². The molecule has 94 valence electrons. The van der Waals surface area contributed by atoms with Gasteiger partial charge in [-0.1, -0.05) is 0 Å². The van der Waals surface area contributed by atoms with Crippen LogP contribution in [0.15, 0.2) is 28.2 Å². The van der Waals surface area contributed by atoms with Gasteiger partial charge in [0.1, 0.15) is 0 Å². The average Bonchev–Trinajstić information content (AvgIpc) is 2.73. The molecular weight excluding hydrogens is 318 g/mol. The molecule has 0 amide bonds. The van der Waals surface area contributed by atoms with E-state index in [2.05, 4.69) is 26.2 Å². The van der Waals surface area contributed by atoms with E-state index in [1.807, 2.05) is 6.92 Å². The summed E-state index contributed by atoms with van der Waals surface area (Å²) in [6.07, 6.45) is 0. The second kappa shape index (κ2) is 5.45. The highest BCUT2D eigenvalue weighted by Gasteiger charge is 2.10. The van der Waals surface area contributed by atoms with Crippen LogP contribution in [0.25, 0.3) is 0 Å². The first kappa shape index (κ1) is 13.0. The van der Waals surface area contributed by atoms with Gasteiger partial charge in [0.25, 0.3) is 5.69 Å². The van der Waals surface area contributed by atoms with Crippen molar-refractivity contribution in [2.24, 2.45) is 0 Å². The van der Waals surface area contributed by atoms with E-state index in [1.54, 1.807) is 22.9 Å². The molecule has 0 spiro atoms. The predicted molar refractivity (Wildman–Crippen MR) is 75.0 cm³/mol. The van der Waals surface area contributed by atoms with E-state index in [4.69, 9.17) is 0 Å². The van der Waals surface area contributed by atoms with Crippen molar-refractivity contribution >= 4 is 38.6 Å². The standard InChI is InChI=1S/C11H10BrN3O2S/c1-7-11(18-6-14-7)5-13-10-4-8(15(16)17)2-3-9(10)12/h2-4,6,13H,5H2,1H3. The molecule has 0 atom stereocenters. The number of aryl methyl sites for hydroxylation is 1. The molecule has 0 aliphatic heterocycles. The summed E-state index contributed by atoms with van der Waals surface area (Å²) in [6, 6.07) is 4.65. The molecule has 2 aromatic rings. The molecule has 0 saturated heterocycles. The van der Waals surface area contributed by atoms with Crippen molar-refractivity contribution < 1.29 is 4.92 Å². The molecule has 18 heavy (non-hydrogen) atoms. The third-order valence-corrected chi connectivity index (χ3v) is 4.07. The van der Waals surface area contributed by atoms with Gasteiger partial charge in [0.2, 0.25) is 0 Å². The summed E-state index contributed by atoms with van der Waals surface area (Å²) >= 11 is 4.93. The third kappa shape index (κ3) is 2.85. The van der Waals surface area contributed by atoms with Crippen LogP contribution in [0.3, 0.4) is 0 Å². The Morgan fingerprint density at radius 3 is 2.94 bits per heavy atom. The fourth-order valence-electron chi connectivity index (χ4n) is 1.43. The van der Waals surface area contributed by atoms with Crippen LogP contribution in [-0.2, 0) is 6.54 Å². The Balaban J connectivity index is 2.16. The number of aromatic nitrogens is 1. The van der Waals surface area contributed by atoms with Crippen molar-refractivity contribution in [3.63, 3.8) is 0 Å². The van der Waals surface area contributed by atoms with E-state index < -0.39 is 4.92 Å². The number of anilines is 1. The fraction of sp³-hybridized carbons (Fsp3) is 0.182. The highest BCUT2D eigenvalue weighted by atomic mass is 79.9. The lowest BCUT2D eigenvalue weighted by Crippen LogP contribution is -2.00. The average molecular weight is 328 g/mol. The maximum Gasteiger partial charge on any atom is 0.271 e. The lowest BCUT2D eigenvalue weighted by molar-refractivity contribution is -0.384. The van der Waals surface area contributed by atoms with Crippen LogP contribution in [0.1, 0.15) is 10.6 Å². The first-order valence-corrected chi connectivity index (χ1v) is 6.82. The van der Waals surface area contributed by atoms with Crippen molar-refractivity contribution in [2.45, 2.75) is 13.5 Å². The Morgan fingerprint density at radius 2 is 2.33 bits per heavy atom. The zero-order chi connectivity index (χ0) is 13.1. The molecule has 1 aromatic carbocycles. The number of halogens is 1. The zero-order valence-corrected chi connectivity index (χ0v) is 11.9. The van der Waals surface area contributed by atoms with Gasteiger partial charge >= 0.3 is 0 Å². The van der Waals surface area contributed by atoms with Crippen LogP contribution in [0, 0.1) is 17.0 Å². The van der Waals surface area contributed by atoms with Crippen molar-refractivity contribution in [1.29, 1.82) is 0 Å². The van der Waals surface area contributed by atoms with E-state index in [0.717, 1.165) is 15.0 Å². The molecule has 0 aliphatic carbocycles. The minimum atomic E-state index is -0.407. The van der Waals surface area contributed by atoms with Crippen LogP contribution in [-0.4, -0.2) is 9.91 Å². The Hall–Kier alpha value is -1.47. The summed E-state index contributed by atoms with van der Waals surface area (Å²) in [7, 11) is 0. The molecule has 0 fully saturated rings. The van der Waals surface area contributed by atoms with Crippen LogP contribution < -0.4 is 5.32 Å². The largest absolute Gasteiger partial charge is 0.379 e. The first-order chi connectivity index (χ1) is 8.58. The Labute approximate surface area is 116 Å². The monoisotopic (exact) mass is 327 g/mol. The molecule has 7 heteroatoms. The SMILES string of the molecule is Cc1ncsc1CNc1cc([N+](=O)[O-])ccc1Br. The number of rotatable bonds is 4. The van der Waals surface area contributed by atoms with Gasteiger partial charge in [-0.2, -0.15) is 0 Å². The third-order valence-electron chi connectivity index (χ3n) is 2.45. The number of non-ortho nitro benzene ring substituents is 1. The topological polar surface area (TPSA) is 68.1 Å². The molecule has 0 saturated carbocycles. The highest BCUT2D eigenvalue weighted by Crippen LogP contribution is 2.28. The maximum absolute atomic E-state index is 10.7. The molecule has 1 N–H and O–H groups in total. The van der Waals surface area contributed by atoms with Gasteiger partial charge in [0, 0.05) is 21.5 Å². The second-order valence-corrected chi connectivity index (χ2v) is 5.43. The van der Waals surface area contributed by atoms with Crippen molar-refractivity contribution in [2.75, 3.05) is 5.32 Å². The lowest BCUT2D eigenvalue weighted by atomic mass is 10.2. The number of thiazole rings is 1. The minimum Gasteiger partial charge on any atom is -0.379 e. The second-order valence-electron chi connectivity index (χ2n) is 3.64. The Morgan fingerprint density at radius 1 is 1.56 bits per heavy atom. The van der Waals surface area contributed by atoms with E-state index in [-0.39, 0.29) is 5.69 Å². The smallest absolute Gasteiger partial charge is 0.271 e. The summed E-state index contributed by atoms with van der Waals surface area (Å²) < 4.78 is 0.801. The van der Waals surface area contributed by atoms with Gasteiger partial charge in [-0.25, -0.2) is 4.98 Å².